The van der Waals surface area contributed by atoms with Crippen molar-refractivity contribution in [3.8, 4) is 0 Å². The van der Waals surface area contributed by atoms with E-state index in [0.717, 1.165) is 25.2 Å². The molecule has 1 atom stereocenters. The molecule has 0 amide bonds. The third-order valence-electron chi connectivity index (χ3n) is 3.77. The van der Waals surface area contributed by atoms with Crippen molar-refractivity contribution in [2.45, 2.75) is 24.7 Å². The van der Waals surface area contributed by atoms with E-state index in [1.807, 2.05) is 6.92 Å². The minimum Gasteiger partial charge on any atom is -0.371 e. The van der Waals surface area contributed by atoms with Crippen LogP contribution in [0.4, 0.5) is 5.69 Å². The topological polar surface area (TPSA) is 66.5 Å². The zero-order valence-electron chi connectivity index (χ0n) is 11.8. The van der Waals surface area contributed by atoms with Crippen molar-refractivity contribution in [2.75, 3.05) is 25.0 Å². The number of carbonyl (C=O) groups excluding carboxylic acids is 1. The number of anilines is 1. The Morgan fingerprint density at radius 3 is 2.55 bits per heavy atom. The molecule has 1 fully saturated rings. The van der Waals surface area contributed by atoms with Crippen molar-refractivity contribution in [3.63, 3.8) is 0 Å². The standard InChI is InChI=1S/C14H20N2O3S/c1-3-14(17)11-8-9-16(10-11)12-4-6-13(7-5-12)20(18,19)15-2/h4-7,11,15H,3,8-10H2,1-2H3. The van der Waals surface area contributed by atoms with Gasteiger partial charge in [-0.1, -0.05) is 6.92 Å². The van der Waals surface area contributed by atoms with Gasteiger partial charge in [-0.05, 0) is 37.7 Å². The summed E-state index contributed by atoms with van der Waals surface area (Å²) in [6.07, 6.45) is 1.46. The fourth-order valence-corrected chi connectivity index (χ4v) is 3.23. The van der Waals surface area contributed by atoms with E-state index in [9.17, 15) is 13.2 Å². The number of sulfonamides is 1. The lowest BCUT2D eigenvalue weighted by Crippen LogP contribution is -2.23. The Hall–Kier alpha value is -1.40. The summed E-state index contributed by atoms with van der Waals surface area (Å²) in [5.41, 5.74) is 0.964. The normalized spacial score (nSPS) is 19.3. The van der Waals surface area contributed by atoms with Crippen molar-refractivity contribution < 1.29 is 13.2 Å². The van der Waals surface area contributed by atoms with Gasteiger partial charge in [0.1, 0.15) is 5.78 Å². The lowest BCUT2D eigenvalue weighted by molar-refractivity contribution is -0.121. The monoisotopic (exact) mass is 296 g/mol. The molecule has 1 aromatic rings. The number of ketones is 1. The highest BCUT2D eigenvalue weighted by Gasteiger charge is 2.27. The Balaban J connectivity index is 2.10. The van der Waals surface area contributed by atoms with E-state index in [2.05, 4.69) is 9.62 Å². The highest BCUT2D eigenvalue weighted by Crippen LogP contribution is 2.26. The van der Waals surface area contributed by atoms with Gasteiger partial charge in [0.05, 0.1) is 4.90 Å². The van der Waals surface area contributed by atoms with Crippen LogP contribution in [0.2, 0.25) is 0 Å². The van der Waals surface area contributed by atoms with Crippen molar-refractivity contribution in [2.24, 2.45) is 5.92 Å². The van der Waals surface area contributed by atoms with Crippen molar-refractivity contribution in [1.82, 2.24) is 4.72 Å². The molecule has 0 radical (unpaired) electrons. The van der Waals surface area contributed by atoms with Crippen molar-refractivity contribution >= 4 is 21.5 Å². The van der Waals surface area contributed by atoms with Crippen LogP contribution in [0.1, 0.15) is 19.8 Å². The first-order chi connectivity index (χ1) is 9.47. The summed E-state index contributed by atoms with van der Waals surface area (Å²) in [6.45, 7) is 3.46. The van der Waals surface area contributed by atoms with Crippen LogP contribution in [-0.2, 0) is 14.8 Å². The average molecular weight is 296 g/mol. The third-order valence-corrected chi connectivity index (χ3v) is 5.20. The van der Waals surface area contributed by atoms with Crippen LogP contribution in [0.15, 0.2) is 29.2 Å². The fourth-order valence-electron chi connectivity index (χ4n) is 2.50. The molecule has 0 bridgehead atoms. The van der Waals surface area contributed by atoms with E-state index in [4.69, 9.17) is 0 Å². The summed E-state index contributed by atoms with van der Waals surface area (Å²) < 4.78 is 25.6. The molecule has 1 unspecified atom stereocenters. The third kappa shape index (κ3) is 3.02. The van der Waals surface area contributed by atoms with Crippen LogP contribution in [0.5, 0.6) is 0 Å². The Bertz CT molecular complexity index is 581. The first-order valence-electron chi connectivity index (χ1n) is 6.79. The zero-order chi connectivity index (χ0) is 14.8. The summed E-state index contributed by atoms with van der Waals surface area (Å²) in [5.74, 6) is 0.419. The van der Waals surface area contributed by atoms with Gasteiger partial charge in [0, 0.05) is 31.1 Å². The van der Waals surface area contributed by atoms with Crippen LogP contribution in [0, 0.1) is 5.92 Å². The van der Waals surface area contributed by atoms with Gasteiger partial charge in [-0.15, -0.1) is 0 Å². The Kier molecular flexibility index (Phi) is 4.45. The molecule has 110 valence electrons. The quantitative estimate of drug-likeness (QED) is 0.892. The Morgan fingerprint density at radius 2 is 2.00 bits per heavy atom. The van der Waals surface area contributed by atoms with E-state index < -0.39 is 10.0 Å². The minimum atomic E-state index is -3.39. The number of rotatable bonds is 5. The van der Waals surface area contributed by atoms with E-state index in [-0.39, 0.29) is 10.8 Å². The van der Waals surface area contributed by atoms with E-state index >= 15 is 0 Å². The number of nitrogens with zero attached hydrogens (tertiary/aromatic N) is 1. The van der Waals surface area contributed by atoms with Crippen molar-refractivity contribution in [3.05, 3.63) is 24.3 Å². The molecule has 1 aliphatic rings. The summed E-state index contributed by atoms with van der Waals surface area (Å²) in [7, 11) is -2.00. The molecular formula is C14H20N2O3S. The van der Waals surface area contributed by atoms with Gasteiger partial charge in [-0.25, -0.2) is 13.1 Å². The maximum Gasteiger partial charge on any atom is 0.240 e. The van der Waals surface area contributed by atoms with Crippen LogP contribution in [-0.4, -0.2) is 34.3 Å². The SMILES string of the molecule is CCC(=O)C1CCN(c2ccc(S(=O)(=O)NC)cc2)C1. The predicted octanol–water partition coefficient (Wildman–Crippen LogP) is 1.40. The molecule has 0 aromatic heterocycles. The average Bonchev–Trinajstić information content (AvgIpc) is 2.96. The lowest BCUT2D eigenvalue weighted by Gasteiger charge is -2.18. The molecule has 20 heavy (non-hydrogen) atoms. The second kappa shape index (κ2) is 5.93. The van der Waals surface area contributed by atoms with Gasteiger partial charge >= 0.3 is 0 Å². The Labute approximate surface area is 120 Å². The van der Waals surface area contributed by atoms with Crippen molar-refractivity contribution in [1.29, 1.82) is 0 Å². The van der Waals surface area contributed by atoms with Gasteiger partial charge in [-0.3, -0.25) is 4.79 Å². The van der Waals surface area contributed by atoms with Gasteiger partial charge in [0.15, 0.2) is 0 Å². The number of Topliss-reactive ketones (excluding diaryl/α,β-unsaturated/α-hetero) is 1. The predicted molar refractivity (Wildman–Crippen MR) is 78.3 cm³/mol. The van der Waals surface area contributed by atoms with Gasteiger partial charge in [-0.2, -0.15) is 0 Å². The first-order valence-corrected chi connectivity index (χ1v) is 8.27. The molecular weight excluding hydrogens is 276 g/mol. The van der Waals surface area contributed by atoms with Crippen LogP contribution < -0.4 is 9.62 Å². The van der Waals surface area contributed by atoms with Crippen LogP contribution in [0.3, 0.4) is 0 Å². The number of nitrogens with one attached hydrogen (secondary N) is 1. The molecule has 1 aromatic carbocycles. The molecule has 1 N–H and O–H groups in total. The smallest absolute Gasteiger partial charge is 0.240 e. The molecule has 2 rings (SSSR count). The minimum absolute atomic E-state index is 0.112. The van der Waals surface area contributed by atoms with E-state index in [1.54, 1.807) is 24.3 Å². The van der Waals surface area contributed by atoms with Gasteiger partial charge in [0.25, 0.3) is 0 Å². The molecule has 0 aliphatic carbocycles. The number of hydrogen-bond donors (Lipinski definition) is 1. The highest BCUT2D eigenvalue weighted by molar-refractivity contribution is 7.89. The molecule has 0 saturated carbocycles. The van der Waals surface area contributed by atoms with Crippen LogP contribution >= 0.6 is 0 Å². The van der Waals surface area contributed by atoms with E-state index in [0.29, 0.717) is 12.2 Å². The summed E-state index contributed by atoms with van der Waals surface area (Å²) in [5, 5.41) is 0. The molecule has 1 heterocycles. The first kappa shape index (κ1) is 15.0. The second-order valence-electron chi connectivity index (χ2n) is 4.95. The number of carbonyl (C=O) groups is 1. The molecule has 5 nitrogen and oxygen atoms in total. The maximum absolute atomic E-state index is 11.7. The Morgan fingerprint density at radius 1 is 1.35 bits per heavy atom. The molecule has 6 heteroatoms. The molecule has 1 saturated heterocycles. The summed E-state index contributed by atoms with van der Waals surface area (Å²) in [6, 6.07) is 6.78. The molecule has 1 aliphatic heterocycles. The van der Waals surface area contributed by atoms with Gasteiger partial charge < -0.3 is 4.90 Å². The fraction of sp³-hybridized carbons (Fsp3) is 0.500. The van der Waals surface area contributed by atoms with Gasteiger partial charge in [0.2, 0.25) is 10.0 Å². The van der Waals surface area contributed by atoms with Crippen LogP contribution in [0.25, 0.3) is 0 Å². The zero-order valence-corrected chi connectivity index (χ0v) is 12.6. The molecule has 0 spiro atoms. The number of benzene rings is 1. The number of hydrogen-bond acceptors (Lipinski definition) is 4. The summed E-state index contributed by atoms with van der Waals surface area (Å²) >= 11 is 0. The maximum atomic E-state index is 11.7. The highest BCUT2D eigenvalue weighted by atomic mass is 32.2. The lowest BCUT2D eigenvalue weighted by atomic mass is 10.0. The summed E-state index contributed by atoms with van der Waals surface area (Å²) in [4.78, 5) is 14.1. The second-order valence-corrected chi connectivity index (χ2v) is 6.84. The van der Waals surface area contributed by atoms with E-state index in [1.165, 1.54) is 7.05 Å². The largest absolute Gasteiger partial charge is 0.371 e.